The van der Waals surface area contributed by atoms with Crippen LogP contribution in [0.15, 0.2) is 18.3 Å². The highest BCUT2D eigenvalue weighted by molar-refractivity contribution is 7.80. The lowest BCUT2D eigenvalue weighted by Crippen LogP contribution is -2.12. The van der Waals surface area contributed by atoms with Crippen LogP contribution in [0.25, 0.3) is 0 Å². The van der Waals surface area contributed by atoms with Crippen molar-refractivity contribution in [1.29, 1.82) is 0 Å². The van der Waals surface area contributed by atoms with Crippen LogP contribution in [-0.4, -0.2) is 29.3 Å². The van der Waals surface area contributed by atoms with Crippen molar-refractivity contribution in [3.63, 3.8) is 0 Å². The molecule has 1 aromatic heterocycles. The topological polar surface area (TPSA) is 57.4 Å². The average Bonchev–Trinajstić information content (AvgIpc) is 2.28. The quantitative estimate of drug-likeness (QED) is 0.592. The molecular formula is C12H18N2O2S. The fourth-order valence-electron chi connectivity index (χ4n) is 1.23. The van der Waals surface area contributed by atoms with E-state index in [0.29, 0.717) is 30.5 Å². The maximum atomic E-state index is 5.50. The summed E-state index contributed by atoms with van der Waals surface area (Å²) in [5.74, 6) is 0. The summed E-state index contributed by atoms with van der Waals surface area (Å²) in [4.78, 5) is 4.36. The van der Waals surface area contributed by atoms with Gasteiger partial charge < -0.3 is 15.2 Å². The van der Waals surface area contributed by atoms with Gasteiger partial charge in [0.25, 0.3) is 0 Å². The molecule has 1 heterocycles. The fraction of sp³-hybridized carbons (Fsp3) is 0.500. The molecule has 1 rings (SSSR count). The molecule has 0 saturated carbocycles. The lowest BCUT2D eigenvalue weighted by Gasteiger charge is -2.08. The third kappa shape index (κ3) is 5.72. The van der Waals surface area contributed by atoms with Crippen LogP contribution in [0.1, 0.15) is 25.1 Å². The lowest BCUT2D eigenvalue weighted by atomic mass is 10.2. The zero-order valence-electron chi connectivity index (χ0n) is 10.2. The second-order valence-corrected chi connectivity index (χ2v) is 4.33. The summed E-state index contributed by atoms with van der Waals surface area (Å²) in [5.41, 5.74) is 7.13. The van der Waals surface area contributed by atoms with Crippen molar-refractivity contribution in [3.05, 3.63) is 29.6 Å². The van der Waals surface area contributed by atoms with Crippen molar-refractivity contribution in [1.82, 2.24) is 4.98 Å². The van der Waals surface area contributed by atoms with E-state index in [-0.39, 0.29) is 6.10 Å². The van der Waals surface area contributed by atoms with Gasteiger partial charge in [0, 0.05) is 6.20 Å². The number of ether oxygens (including phenoxy) is 2. The van der Waals surface area contributed by atoms with E-state index in [2.05, 4.69) is 4.98 Å². The first kappa shape index (κ1) is 14.0. The van der Waals surface area contributed by atoms with E-state index in [4.69, 9.17) is 27.4 Å². The van der Waals surface area contributed by atoms with E-state index >= 15 is 0 Å². The zero-order valence-corrected chi connectivity index (χ0v) is 11.0. The number of hydrogen-bond acceptors (Lipinski definition) is 4. The lowest BCUT2D eigenvalue weighted by molar-refractivity contribution is 0.0143. The molecule has 1 aromatic rings. The van der Waals surface area contributed by atoms with E-state index < -0.39 is 0 Å². The van der Waals surface area contributed by atoms with Crippen LogP contribution in [0.3, 0.4) is 0 Å². The van der Waals surface area contributed by atoms with E-state index in [1.165, 1.54) is 0 Å². The molecule has 2 N–H and O–H groups in total. The molecule has 0 aliphatic rings. The van der Waals surface area contributed by atoms with Crippen LogP contribution < -0.4 is 5.73 Å². The molecule has 0 atom stereocenters. The van der Waals surface area contributed by atoms with Crippen LogP contribution in [0, 0.1) is 0 Å². The minimum absolute atomic E-state index is 0.237. The maximum absolute atomic E-state index is 5.50. The normalized spacial score (nSPS) is 10.8. The van der Waals surface area contributed by atoms with Gasteiger partial charge in [0.15, 0.2) is 0 Å². The Balaban J connectivity index is 2.31. The number of nitrogens with two attached hydrogens (primary N) is 1. The smallest absolute Gasteiger partial charge is 0.122 e. The van der Waals surface area contributed by atoms with Gasteiger partial charge in [-0.1, -0.05) is 12.2 Å². The van der Waals surface area contributed by atoms with Crippen molar-refractivity contribution in [3.8, 4) is 0 Å². The first-order chi connectivity index (χ1) is 8.09. The molecule has 0 aliphatic carbocycles. The van der Waals surface area contributed by atoms with Crippen molar-refractivity contribution in [2.45, 2.75) is 26.6 Å². The van der Waals surface area contributed by atoms with E-state index in [9.17, 15) is 0 Å². The molecule has 0 radical (unpaired) electrons. The van der Waals surface area contributed by atoms with Crippen molar-refractivity contribution in [2.75, 3.05) is 13.2 Å². The molecule has 94 valence electrons. The van der Waals surface area contributed by atoms with Gasteiger partial charge in [-0.25, -0.2) is 0 Å². The van der Waals surface area contributed by atoms with Gasteiger partial charge in [0.1, 0.15) is 4.99 Å². The standard InChI is InChI=1S/C12H18N2O2S/c1-9(2)16-6-5-15-8-10-3-4-14-11(7-10)12(13)17/h3-4,7,9H,5-6,8H2,1-2H3,(H2,13,17). The van der Waals surface area contributed by atoms with Crippen molar-refractivity contribution >= 4 is 17.2 Å². The Kier molecular flexibility index (Phi) is 6.04. The average molecular weight is 254 g/mol. The highest BCUT2D eigenvalue weighted by Gasteiger charge is 2.00. The van der Waals surface area contributed by atoms with Crippen LogP contribution in [0.5, 0.6) is 0 Å². The summed E-state index contributed by atoms with van der Waals surface area (Å²) in [5, 5.41) is 0. The Morgan fingerprint density at radius 3 is 2.88 bits per heavy atom. The first-order valence-corrected chi connectivity index (χ1v) is 5.94. The van der Waals surface area contributed by atoms with Gasteiger partial charge in [-0.2, -0.15) is 0 Å². The Morgan fingerprint density at radius 2 is 2.24 bits per heavy atom. The largest absolute Gasteiger partial charge is 0.388 e. The molecule has 0 aliphatic heterocycles. The Morgan fingerprint density at radius 1 is 1.47 bits per heavy atom. The summed E-state index contributed by atoms with van der Waals surface area (Å²) in [6.45, 7) is 5.68. The number of rotatable bonds is 7. The monoisotopic (exact) mass is 254 g/mol. The van der Waals surface area contributed by atoms with Gasteiger partial charge in [-0.15, -0.1) is 0 Å². The van der Waals surface area contributed by atoms with Gasteiger partial charge in [0.2, 0.25) is 0 Å². The fourth-order valence-corrected chi connectivity index (χ4v) is 1.34. The van der Waals surface area contributed by atoms with Crippen LogP contribution in [0.2, 0.25) is 0 Å². The molecule has 0 fully saturated rings. The molecule has 17 heavy (non-hydrogen) atoms. The van der Waals surface area contributed by atoms with Crippen molar-refractivity contribution in [2.24, 2.45) is 5.73 Å². The third-order valence-corrected chi connectivity index (χ3v) is 2.23. The Bertz CT molecular complexity index is 369. The predicted molar refractivity (Wildman–Crippen MR) is 70.9 cm³/mol. The second-order valence-electron chi connectivity index (χ2n) is 3.89. The SMILES string of the molecule is CC(C)OCCOCc1ccnc(C(N)=S)c1. The number of nitrogens with zero attached hydrogens (tertiary/aromatic N) is 1. The first-order valence-electron chi connectivity index (χ1n) is 5.53. The molecule has 0 saturated heterocycles. The zero-order chi connectivity index (χ0) is 12.7. The minimum Gasteiger partial charge on any atom is -0.388 e. The molecule has 0 amide bonds. The van der Waals surface area contributed by atoms with E-state index in [0.717, 1.165) is 5.56 Å². The molecule has 5 heteroatoms. The molecular weight excluding hydrogens is 236 g/mol. The van der Waals surface area contributed by atoms with Crippen LogP contribution >= 0.6 is 12.2 Å². The van der Waals surface area contributed by atoms with Crippen LogP contribution in [0.4, 0.5) is 0 Å². The Labute approximate surface area is 107 Å². The molecule has 4 nitrogen and oxygen atoms in total. The highest BCUT2D eigenvalue weighted by Crippen LogP contribution is 2.03. The number of thiocarbonyl (C=S) groups is 1. The molecule has 0 unspecified atom stereocenters. The summed E-state index contributed by atoms with van der Waals surface area (Å²) in [7, 11) is 0. The molecule has 0 aromatic carbocycles. The predicted octanol–water partition coefficient (Wildman–Crippen LogP) is 1.66. The molecule has 0 bridgehead atoms. The van der Waals surface area contributed by atoms with Crippen LogP contribution in [-0.2, 0) is 16.1 Å². The van der Waals surface area contributed by atoms with Gasteiger partial charge in [0.05, 0.1) is 31.6 Å². The van der Waals surface area contributed by atoms with Gasteiger partial charge in [-0.3, -0.25) is 4.98 Å². The second kappa shape index (κ2) is 7.32. The highest BCUT2D eigenvalue weighted by atomic mass is 32.1. The van der Waals surface area contributed by atoms with Crippen molar-refractivity contribution < 1.29 is 9.47 Å². The summed E-state index contributed by atoms with van der Waals surface area (Å²) < 4.78 is 10.8. The molecule has 0 spiro atoms. The summed E-state index contributed by atoms with van der Waals surface area (Å²) in [6, 6.07) is 3.72. The summed E-state index contributed by atoms with van der Waals surface area (Å²) in [6.07, 6.45) is 1.92. The Hall–Kier alpha value is -1.04. The van der Waals surface area contributed by atoms with E-state index in [1.54, 1.807) is 6.20 Å². The van der Waals surface area contributed by atoms with Gasteiger partial charge in [-0.05, 0) is 31.5 Å². The minimum atomic E-state index is 0.237. The number of pyridine rings is 1. The number of hydrogen-bond donors (Lipinski definition) is 1. The maximum Gasteiger partial charge on any atom is 0.122 e. The van der Waals surface area contributed by atoms with E-state index in [1.807, 2.05) is 26.0 Å². The number of aromatic nitrogens is 1. The van der Waals surface area contributed by atoms with Gasteiger partial charge >= 0.3 is 0 Å². The summed E-state index contributed by atoms with van der Waals surface area (Å²) >= 11 is 4.86. The third-order valence-electron chi connectivity index (χ3n) is 2.02.